The minimum absolute atomic E-state index is 0.138. The van der Waals surface area contributed by atoms with E-state index in [1.807, 2.05) is 18.2 Å². The van der Waals surface area contributed by atoms with Crippen molar-refractivity contribution < 1.29 is 19.1 Å². The Kier molecular flexibility index (Phi) is 6.26. The molecule has 1 N–H and O–H groups in total. The van der Waals surface area contributed by atoms with E-state index in [1.54, 1.807) is 37.3 Å². The van der Waals surface area contributed by atoms with Crippen LogP contribution in [0, 0.1) is 0 Å². The Hall–Kier alpha value is -3.68. The van der Waals surface area contributed by atoms with E-state index >= 15 is 0 Å². The second-order valence-corrected chi connectivity index (χ2v) is 7.21. The highest BCUT2D eigenvalue weighted by Crippen LogP contribution is 2.26. The van der Waals surface area contributed by atoms with E-state index in [0.717, 1.165) is 43.0 Å². The maximum Gasteiger partial charge on any atom is 0.338 e. The van der Waals surface area contributed by atoms with Crippen molar-refractivity contribution in [1.29, 1.82) is 0 Å². The molecule has 31 heavy (non-hydrogen) atoms. The summed E-state index contributed by atoms with van der Waals surface area (Å²) in [5.41, 5.74) is 1.92. The maximum absolute atomic E-state index is 12.3. The third kappa shape index (κ3) is 4.91. The van der Waals surface area contributed by atoms with E-state index in [0.29, 0.717) is 23.6 Å². The molecule has 160 valence electrons. The Morgan fingerprint density at radius 1 is 1.10 bits per heavy atom. The van der Waals surface area contributed by atoms with Gasteiger partial charge in [-0.2, -0.15) is 0 Å². The third-order valence-electron chi connectivity index (χ3n) is 5.00. The van der Waals surface area contributed by atoms with Gasteiger partial charge in [-0.1, -0.05) is 12.1 Å². The number of amides is 1. The van der Waals surface area contributed by atoms with E-state index < -0.39 is 5.97 Å². The van der Waals surface area contributed by atoms with Gasteiger partial charge in [0.2, 0.25) is 0 Å². The summed E-state index contributed by atoms with van der Waals surface area (Å²) in [7, 11) is 0. The van der Waals surface area contributed by atoms with Gasteiger partial charge in [-0.25, -0.2) is 4.79 Å². The van der Waals surface area contributed by atoms with Gasteiger partial charge in [0.25, 0.3) is 5.91 Å². The van der Waals surface area contributed by atoms with Crippen molar-refractivity contribution in [2.75, 3.05) is 18.5 Å². The first-order valence-corrected chi connectivity index (χ1v) is 10.4. The number of nitrogens with one attached hydrogen (secondary N) is 1. The van der Waals surface area contributed by atoms with Crippen LogP contribution in [0.4, 0.5) is 5.69 Å². The van der Waals surface area contributed by atoms with Crippen LogP contribution in [-0.2, 0) is 22.5 Å². The number of benzene rings is 2. The summed E-state index contributed by atoms with van der Waals surface area (Å²) >= 11 is 0. The summed E-state index contributed by atoms with van der Waals surface area (Å²) in [6.45, 7) is 2.85. The van der Waals surface area contributed by atoms with Crippen LogP contribution in [-0.4, -0.2) is 39.9 Å². The lowest BCUT2D eigenvalue weighted by Crippen LogP contribution is -2.20. The average Bonchev–Trinajstić information content (AvgIpc) is 3.23. The van der Waals surface area contributed by atoms with Crippen LogP contribution in [0.25, 0.3) is 11.4 Å². The zero-order valence-electron chi connectivity index (χ0n) is 17.3. The molecule has 0 unspecified atom stereocenters. The first kappa shape index (κ1) is 20.6. The molecular formula is C23H24N4O4. The summed E-state index contributed by atoms with van der Waals surface area (Å²) in [5.74, 6) is 1.73. The van der Waals surface area contributed by atoms with Gasteiger partial charge in [0, 0.05) is 24.2 Å². The smallest absolute Gasteiger partial charge is 0.338 e. The van der Waals surface area contributed by atoms with Gasteiger partial charge in [0.1, 0.15) is 11.6 Å². The Bertz CT molecular complexity index is 1080. The molecule has 2 aromatic carbocycles. The van der Waals surface area contributed by atoms with Gasteiger partial charge in [0.05, 0.1) is 12.2 Å². The summed E-state index contributed by atoms with van der Waals surface area (Å²) in [6, 6.07) is 14.0. The SMILES string of the molecule is CCOC(=O)c1ccc(NC(=O)COc2cccc(-c3nnc4n3CCCC4)c2)cc1. The first-order chi connectivity index (χ1) is 15.1. The fourth-order valence-electron chi connectivity index (χ4n) is 3.50. The second kappa shape index (κ2) is 9.42. The van der Waals surface area contributed by atoms with Gasteiger partial charge in [-0.15, -0.1) is 10.2 Å². The summed E-state index contributed by atoms with van der Waals surface area (Å²) in [5, 5.41) is 11.4. The zero-order valence-corrected chi connectivity index (χ0v) is 17.3. The van der Waals surface area contributed by atoms with Crippen molar-refractivity contribution in [2.24, 2.45) is 0 Å². The number of hydrogen-bond donors (Lipinski definition) is 1. The second-order valence-electron chi connectivity index (χ2n) is 7.21. The molecule has 8 heteroatoms. The largest absolute Gasteiger partial charge is 0.484 e. The predicted octanol–water partition coefficient (Wildman–Crippen LogP) is 3.48. The summed E-state index contributed by atoms with van der Waals surface area (Å²) < 4.78 is 12.8. The molecule has 0 spiro atoms. The lowest BCUT2D eigenvalue weighted by atomic mass is 10.1. The van der Waals surface area contributed by atoms with Crippen LogP contribution in [0.15, 0.2) is 48.5 Å². The van der Waals surface area contributed by atoms with Crippen LogP contribution >= 0.6 is 0 Å². The van der Waals surface area contributed by atoms with Gasteiger partial charge in [-0.05, 0) is 56.2 Å². The Morgan fingerprint density at radius 3 is 2.74 bits per heavy atom. The number of esters is 1. The normalized spacial score (nSPS) is 12.7. The van der Waals surface area contributed by atoms with E-state index in [2.05, 4.69) is 20.1 Å². The molecule has 0 saturated heterocycles. The number of aromatic nitrogens is 3. The number of anilines is 1. The number of aryl methyl sites for hydroxylation is 1. The molecule has 0 fully saturated rings. The molecule has 0 atom stereocenters. The highest BCUT2D eigenvalue weighted by atomic mass is 16.5. The number of hydrogen-bond acceptors (Lipinski definition) is 6. The molecule has 0 saturated carbocycles. The fraction of sp³-hybridized carbons (Fsp3) is 0.304. The molecule has 2 heterocycles. The topological polar surface area (TPSA) is 95.3 Å². The van der Waals surface area contributed by atoms with E-state index in [1.165, 1.54) is 0 Å². The van der Waals surface area contributed by atoms with Gasteiger partial charge in [0.15, 0.2) is 12.4 Å². The average molecular weight is 420 g/mol. The predicted molar refractivity (Wildman–Crippen MR) is 115 cm³/mol. The van der Waals surface area contributed by atoms with Crippen LogP contribution in [0.5, 0.6) is 5.75 Å². The van der Waals surface area contributed by atoms with E-state index in [-0.39, 0.29) is 12.5 Å². The first-order valence-electron chi connectivity index (χ1n) is 10.4. The number of carbonyl (C=O) groups excluding carboxylic acids is 2. The molecule has 0 bridgehead atoms. The highest BCUT2D eigenvalue weighted by Gasteiger charge is 2.17. The maximum atomic E-state index is 12.3. The monoisotopic (exact) mass is 420 g/mol. The van der Waals surface area contributed by atoms with Crippen LogP contribution in [0.2, 0.25) is 0 Å². The zero-order chi connectivity index (χ0) is 21.6. The minimum atomic E-state index is -0.391. The lowest BCUT2D eigenvalue weighted by molar-refractivity contribution is -0.118. The summed E-state index contributed by atoms with van der Waals surface area (Å²) in [6.07, 6.45) is 3.21. The number of carbonyl (C=O) groups is 2. The number of rotatable bonds is 7. The van der Waals surface area contributed by atoms with Crippen molar-refractivity contribution >= 4 is 17.6 Å². The number of ether oxygens (including phenoxy) is 2. The molecule has 0 radical (unpaired) electrons. The number of fused-ring (bicyclic) bond motifs is 1. The van der Waals surface area contributed by atoms with Crippen molar-refractivity contribution in [3.8, 4) is 17.1 Å². The highest BCUT2D eigenvalue weighted by molar-refractivity contribution is 5.93. The summed E-state index contributed by atoms with van der Waals surface area (Å²) in [4.78, 5) is 23.9. The van der Waals surface area contributed by atoms with Crippen molar-refractivity contribution in [3.05, 3.63) is 59.9 Å². The van der Waals surface area contributed by atoms with Crippen molar-refractivity contribution in [1.82, 2.24) is 14.8 Å². The molecule has 8 nitrogen and oxygen atoms in total. The molecule has 1 aromatic heterocycles. The lowest BCUT2D eigenvalue weighted by Gasteiger charge is -2.15. The van der Waals surface area contributed by atoms with Crippen LogP contribution in [0.3, 0.4) is 0 Å². The van der Waals surface area contributed by atoms with E-state index in [9.17, 15) is 9.59 Å². The minimum Gasteiger partial charge on any atom is -0.484 e. The Morgan fingerprint density at radius 2 is 1.94 bits per heavy atom. The molecule has 0 aliphatic carbocycles. The van der Waals surface area contributed by atoms with Gasteiger partial charge >= 0.3 is 5.97 Å². The van der Waals surface area contributed by atoms with E-state index in [4.69, 9.17) is 9.47 Å². The fourth-order valence-corrected chi connectivity index (χ4v) is 3.50. The van der Waals surface area contributed by atoms with Crippen molar-refractivity contribution in [3.63, 3.8) is 0 Å². The molecule has 1 aliphatic heterocycles. The van der Waals surface area contributed by atoms with Crippen LogP contribution in [0.1, 0.15) is 35.9 Å². The Labute approximate surface area is 180 Å². The third-order valence-corrected chi connectivity index (χ3v) is 5.00. The molecular weight excluding hydrogens is 396 g/mol. The Balaban J connectivity index is 1.35. The molecule has 1 amide bonds. The molecule has 4 rings (SSSR count). The van der Waals surface area contributed by atoms with Gasteiger partial charge in [-0.3, -0.25) is 4.79 Å². The van der Waals surface area contributed by atoms with Crippen LogP contribution < -0.4 is 10.1 Å². The van der Waals surface area contributed by atoms with Gasteiger partial charge < -0.3 is 19.4 Å². The molecule has 3 aromatic rings. The standard InChI is InChI=1S/C23H24N4O4/c1-2-30-23(29)16-9-11-18(12-10-16)24-21(28)15-31-19-7-5-6-17(14-19)22-26-25-20-8-3-4-13-27(20)22/h5-7,9-12,14H,2-4,8,13,15H2,1H3,(H,24,28). The molecule has 1 aliphatic rings. The van der Waals surface area contributed by atoms with Crippen molar-refractivity contribution in [2.45, 2.75) is 32.7 Å². The quantitative estimate of drug-likeness (QED) is 0.588. The number of nitrogens with zero attached hydrogens (tertiary/aromatic N) is 3.